The maximum Gasteiger partial charge on any atom is 0.255 e. The van der Waals surface area contributed by atoms with E-state index in [2.05, 4.69) is 15.6 Å². The van der Waals surface area contributed by atoms with Gasteiger partial charge in [0.2, 0.25) is 5.91 Å². The molecule has 162 valence electrons. The van der Waals surface area contributed by atoms with Crippen LogP contribution in [-0.4, -0.2) is 27.7 Å². The van der Waals surface area contributed by atoms with Crippen LogP contribution in [0.4, 0.5) is 5.69 Å². The number of hydrogen-bond donors (Lipinski definition) is 2. The number of hydrogen-bond acceptors (Lipinski definition) is 4. The fourth-order valence-electron chi connectivity index (χ4n) is 3.44. The molecule has 0 aliphatic rings. The minimum atomic E-state index is -0.382. The van der Waals surface area contributed by atoms with E-state index >= 15 is 0 Å². The Morgan fingerprint density at radius 3 is 2.50 bits per heavy atom. The Morgan fingerprint density at radius 2 is 1.72 bits per heavy atom. The fourth-order valence-corrected chi connectivity index (χ4v) is 3.44. The molecule has 32 heavy (non-hydrogen) atoms. The summed E-state index contributed by atoms with van der Waals surface area (Å²) in [6.45, 7) is 3.93. The lowest BCUT2D eigenvalue weighted by Gasteiger charge is -2.13. The van der Waals surface area contributed by atoms with Gasteiger partial charge in [0, 0.05) is 18.1 Å². The smallest absolute Gasteiger partial charge is 0.255 e. The summed E-state index contributed by atoms with van der Waals surface area (Å²) in [5, 5.41) is 5.53. The van der Waals surface area contributed by atoms with Crippen LogP contribution in [0.3, 0.4) is 0 Å². The Bertz CT molecular complexity index is 1230. The molecule has 0 atom stereocenters. The number of anilines is 1. The first-order chi connectivity index (χ1) is 15.5. The van der Waals surface area contributed by atoms with Crippen LogP contribution in [0.5, 0.6) is 5.75 Å². The third kappa shape index (κ3) is 4.78. The second-order valence-electron chi connectivity index (χ2n) is 7.48. The molecule has 0 fully saturated rings. The fraction of sp³-hybridized carbons (Fsp3) is 0.160. The van der Waals surface area contributed by atoms with Crippen LogP contribution in [0.2, 0.25) is 0 Å². The highest BCUT2D eigenvalue weighted by molar-refractivity contribution is 6.01. The van der Waals surface area contributed by atoms with Crippen LogP contribution in [0, 0.1) is 13.8 Å². The number of imidazole rings is 1. The van der Waals surface area contributed by atoms with Gasteiger partial charge in [-0.25, -0.2) is 4.98 Å². The van der Waals surface area contributed by atoms with Gasteiger partial charge in [-0.3, -0.25) is 9.59 Å². The summed E-state index contributed by atoms with van der Waals surface area (Å²) in [5.41, 5.74) is 4.64. The SMILES string of the molecule is Cc1cccc(C)c1NC(=O)CNC(=O)c1ccccc1OCc1cn2ccccc2n1. The number of benzene rings is 2. The van der Waals surface area contributed by atoms with E-state index in [1.165, 1.54) is 0 Å². The van der Waals surface area contributed by atoms with Gasteiger partial charge in [-0.05, 0) is 49.2 Å². The first kappa shape index (κ1) is 21.1. The molecule has 0 aliphatic carbocycles. The van der Waals surface area contributed by atoms with E-state index in [1.807, 2.05) is 67.0 Å². The predicted molar refractivity (Wildman–Crippen MR) is 123 cm³/mol. The predicted octanol–water partition coefficient (Wildman–Crippen LogP) is 3.90. The molecule has 2 aromatic carbocycles. The number of pyridine rings is 1. The van der Waals surface area contributed by atoms with Gasteiger partial charge in [-0.2, -0.15) is 0 Å². The zero-order chi connectivity index (χ0) is 22.5. The normalized spacial score (nSPS) is 10.7. The van der Waals surface area contributed by atoms with E-state index in [9.17, 15) is 9.59 Å². The molecule has 0 saturated heterocycles. The topological polar surface area (TPSA) is 84.7 Å². The van der Waals surface area contributed by atoms with Crippen molar-refractivity contribution in [3.63, 3.8) is 0 Å². The average Bonchev–Trinajstić information content (AvgIpc) is 3.22. The standard InChI is InChI=1S/C25H24N4O3/c1-17-8-7-9-18(2)24(17)28-23(30)14-26-25(31)20-10-3-4-11-21(20)32-16-19-15-29-13-6-5-12-22(29)27-19/h3-13,15H,14,16H2,1-2H3,(H,26,31)(H,28,30). The Morgan fingerprint density at radius 1 is 0.969 bits per heavy atom. The first-order valence-electron chi connectivity index (χ1n) is 10.3. The van der Waals surface area contributed by atoms with Crippen LogP contribution in [0.1, 0.15) is 27.2 Å². The third-order valence-electron chi connectivity index (χ3n) is 5.08. The number of aromatic nitrogens is 2. The molecule has 0 spiro atoms. The molecule has 2 heterocycles. The van der Waals surface area contributed by atoms with Crippen LogP contribution in [-0.2, 0) is 11.4 Å². The van der Waals surface area contributed by atoms with Gasteiger partial charge in [-0.1, -0.05) is 36.4 Å². The highest BCUT2D eigenvalue weighted by Gasteiger charge is 2.15. The molecule has 2 aromatic heterocycles. The molecule has 0 saturated carbocycles. The van der Waals surface area contributed by atoms with Crippen molar-refractivity contribution in [1.82, 2.24) is 14.7 Å². The highest BCUT2D eigenvalue weighted by Crippen LogP contribution is 2.20. The van der Waals surface area contributed by atoms with Crippen molar-refractivity contribution in [2.45, 2.75) is 20.5 Å². The lowest BCUT2D eigenvalue weighted by molar-refractivity contribution is -0.115. The van der Waals surface area contributed by atoms with Crippen molar-refractivity contribution in [3.05, 3.63) is 95.4 Å². The zero-order valence-electron chi connectivity index (χ0n) is 18.0. The first-order valence-corrected chi connectivity index (χ1v) is 10.3. The number of fused-ring (bicyclic) bond motifs is 1. The molecular weight excluding hydrogens is 404 g/mol. The van der Waals surface area contributed by atoms with E-state index < -0.39 is 0 Å². The molecule has 2 amide bonds. The van der Waals surface area contributed by atoms with Crippen molar-refractivity contribution in [1.29, 1.82) is 0 Å². The highest BCUT2D eigenvalue weighted by atomic mass is 16.5. The number of carbonyl (C=O) groups is 2. The number of para-hydroxylation sites is 2. The molecular formula is C25H24N4O3. The van der Waals surface area contributed by atoms with Crippen molar-refractivity contribution in [2.24, 2.45) is 0 Å². The molecule has 2 N–H and O–H groups in total. The van der Waals surface area contributed by atoms with Gasteiger partial charge in [0.05, 0.1) is 17.8 Å². The minimum absolute atomic E-state index is 0.145. The molecule has 4 rings (SSSR count). The molecule has 0 aliphatic heterocycles. The molecule has 7 heteroatoms. The number of ether oxygens (including phenoxy) is 1. The maximum atomic E-state index is 12.7. The summed E-state index contributed by atoms with van der Waals surface area (Å²) in [5.74, 6) is -0.247. The van der Waals surface area contributed by atoms with E-state index in [-0.39, 0.29) is 25.0 Å². The summed E-state index contributed by atoms with van der Waals surface area (Å²) in [7, 11) is 0. The lowest BCUT2D eigenvalue weighted by atomic mass is 10.1. The third-order valence-corrected chi connectivity index (χ3v) is 5.08. The monoisotopic (exact) mass is 428 g/mol. The molecule has 0 bridgehead atoms. The van der Waals surface area contributed by atoms with Gasteiger partial charge < -0.3 is 19.8 Å². The zero-order valence-corrected chi connectivity index (χ0v) is 18.0. The quantitative estimate of drug-likeness (QED) is 0.468. The minimum Gasteiger partial charge on any atom is -0.486 e. The number of aryl methyl sites for hydroxylation is 2. The molecule has 4 aromatic rings. The molecule has 0 unspecified atom stereocenters. The van der Waals surface area contributed by atoms with Crippen molar-refractivity contribution in [2.75, 3.05) is 11.9 Å². The second-order valence-corrected chi connectivity index (χ2v) is 7.48. The van der Waals surface area contributed by atoms with E-state index in [4.69, 9.17) is 4.74 Å². The summed E-state index contributed by atoms with van der Waals surface area (Å²) >= 11 is 0. The number of amides is 2. The van der Waals surface area contributed by atoms with Gasteiger partial charge >= 0.3 is 0 Å². The van der Waals surface area contributed by atoms with Gasteiger partial charge in [0.25, 0.3) is 5.91 Å². The Kier molecular flexibility index (Phi) is 6.17. The summed E-state index contributed by atoms with van der Waals surface area (Å²) in [4.78, 5) is 29.6. The van der Waals surface area contributed by atoms with E-state index in [0.29, 0.717) is 11.3 Å². The van der Waals surface area contributed by atoms with Gasteiger partial charge in [0.15, 0.2) is 0 Å². The Hall–Kier alpha value is -4.13. The summed E-state index contributed by atoms with van der Waals surface area (Å²) in [6, 6.07) is 18.5. The van der Waals surface area contributed by atoms with Gasteiger partial charge in [0.1, 0.15) is 18.0 Å². The number of nitrogens with zero attached hydrogens (tertiary/aromatic N) is 2. The van der Waals surface area contributed by atoms with Crippen LogP contribution in [0.15, 0.2) is 73.1 Å². The van der Waals surface area contributed by atoms with Crippen LogP contribution in [0.25, 0.3) is 5.65 Å². The number of rotatable bonds is 7. The molecule has 7 nitrogen and oxygen atoms in total. The van der Waals surface area contributed by atoms with Crippen LogP contribution >= 0.6 is 0 Å². The summed E-state index contributed by atoms with van der Waals surface area (Å²) in [6.07, 6.45) is 3.80. The average molecular weight is 428 g/mol. The van der Waals surface area contributed by atoms with E-state index in [1.54, 1.807) is 24.3 Å². The lowest BCUT2D eigenvalue weighted by Crippen LogP contribution is -2.33. The van der Waals surface area contributed by atoms with Crippen molar-refractivity contribution >= 4 is 23.1 Å². The molecule has 0 radical (unpaired) electrons. The van der Waals surface area contributed by atoms with Crippen molar-refractivity contribution in [3.8, 4) is 5.75 Å². The summed E-state index contributed by atoms with van der Waals surface area (Å²) < 4.78 is 7.78. The van der Waals surface area contributed by atoms with Crippen LogP contribution < -0.4 is 15.4 Å². The van der Waals surface area contributed by atoms with Gasteiger partial charge in [-0.15, -0.1) is 0 Å². The van der Waals surface area contributed by atoms with Crippen molar-refractivity contribution < 1.29 is 14.3 Å². The largest absolute Gasteiger partial charge is 0.486 e. The maximum absolute atomic E-state index is 12.7. The second kappa shape index (κ2) is 9.34. The number of nitrogens with one attached hydrogen (secondary N) is 2. The Labute approximate surface area is 186 Å². The Balaban J connectivity index is 1.38. The van der Waals surface area contributed by atoms with E-state index in [0.717, 1.165) is 28.2 Å². The number of carbonyl (C=O) groups excluding carboxylic acids is 2.